The van der Waals surface area contributed by atoms with E-state index in [-0.39, 0.29) is 17.6 Å². The highest BCUT2D eigenvalue weighted by molar-refractivity contribution is 5.94. The number of hydrogen-bond acceptors (Lipinski definition) is 4. The van der Waals surface area contributed by atoms with Crippen molar-refractivity contribution in [1.29, 1.82) is 0 Å². The maximum Gasteiger partial charge on any atom is 0.272 e. The summed E-state index contributed by atoms with van der Waals surface area (Å²) in [7, 11) is 0. The monoisotopic (exact) mass is 277 g/mol. The molecule has 108 valence electrons. The van der Waals surface area contributed by atoms with Gasteiger partial charge in [0.15, 0.2) is 0 Å². The number of amides is 1. The van der Waals surface area contributed by atoms with Gasteiger partial charge in [0.25, 0.3) is 11.6 Å². The van der Waals surface area contributed by atoms with E-state index in [1.165, 1.54) is 12.1 Å². The van der Waals surface area contributed by atoms with Gasteiger partial charge < -0.3 is 10.6 Å². The Hall–Kier alpha value is -1.95. The van der Waals surface area contributed by atoms with Gasteiger partial charge in [0.1, 0.15) is 0 Å². The Balaban J connectivity index is 2.05. The number of nitrogens with zero attached hydrogens (tertiary/aromatic N) is 1. The van der Waals surface area contributed by atoms with E-state index >= 15 is 0 Å². The second-order valence-electron chi connectivity index (χ2n) is 5.13. The SMILES string of the molecule is Cc1cc(C(=O)NC2CCCCNC2)ccc1[N+](=O)[O-]. The fourth-order valence-corrected chi connectivity index (χ4v) is 2.41. The molecule has 0 spiro atoms. The zero-order valence-electron chi connectivity index (χ0n) is 11.5. The van der Waals surface area contributed by atoms with Crippen molar-refractivity contribution in [3.05, 3.63) is 39.4 Å². The molecular formula is C14H19N3O3. The van der Waals surface area contributed by atoms with Gasteiger partial charge in [0.2, 0.25) is 0 Å². The third kappa shape index (κ3) is 3.54. The Kier molecular flexibility index (Phi) is 4.68. The molecule has 2 N–H and O–H groups in total. The third-order valence-electron chi connectivity index (χ3n) is 3.54. The summed E-state index contributed by atoms with van der Waals surface area (Å²) in [4.78, 5) is 22.5. The van der Waals surface area contributed by atoms with Gasteiger partial charge in [0, 0.05) is 29.8 Å². The predicted molar refractivity (Wildman–Crippen MR) is 75.8 cm³/mol. The average Bonchev–Trinajstić information content (AvgIpc) is 2.66. The fourth-order valence-electron chi connectivity index (χ4n) is 2.41. The van der Waals surface area contributed by atoms with Crippen molar-refractivity contribution in [2.45, 2.75) is 32.2 Å². The van der Waals surface area contributed by atoms with Gasteiger partial charge in [-0.05, 0) is 38.4 Å². The lowest BCUT2D eigenvalue weighted by Crippen LogP contribution is -2.40. The Morgan fingerprint density at radius 1 is 1.45 bits per heavy atom. The van der Waals surface area contributed by atoms with Gasteiger partial charge >= 0.3 is 0 Å². The lowest BCUT2D eigenvalue weighted by molar-refractivity contribution is -0.385. The number of rotatable bonds is 3. The van der Waals surface area contributed by atoms with E-state index in [0.717, 1.165) is 32.4 Å². The van der Waals surface area contributed by atoms with Crippen molar-refractivity contribution in [2.24, 2.45) is 0 Å². The minimum atomic E-state index is -0.438. The van der Waals surface area contributed by atoms with Crippen LogP contribution >= 0.6 is 0 Å². The maximum atomic E-state index is 12.1. The van der Waals surface area contributed by atoms with Gasteiger partial charge in [-0.15, -0.1) is 0 Å². The number of carbonyl (C=O) groups is 1. The number of nitro groups is 1. The van der Waals surface area contributed by atoms with Crippen LogP contribution in [0.1, 0.15) is 35.2 Å². The van der Waals surface area contributed by atoms with E-state index in [4.69, 9.17) is 0 Å². The first kappa shape index (κ1) is 14.5. The first-order valence-corrected chi connectivity index (χ1v) is 6.84. The van der Waals surface area contributed by atoms with Crippen LogP contribution in [0, 0.1) is 17.0 Å². The van der Waals surface area contributed by atoms with E-state index in [9.17, 15) is 14.9 Å². The van der Waals surface area contributed by atoms with Crippen LogP contribution in [0.4, 0.5) is 5.69 Å². The molecule has 0 aromatic heterocycles. The minimum absolute atomic E-state index is 0.0395. The number of benzene rings is 1. The molecule has 0 bridgehead atoms. The summed E-state index contributed by atoms with van der Waals surface area (Å²) in [5.41, 5.74) is 1.01. The van der Waals surface area contributed by atoms with Gasteiger partial charge in [-0.25, -0.2) is 0 Å². The topological polar surface area (TPSA) is 84.3 Å². The first-order chi connectivity index (χ1) is 9.58. The normalized spacial score (nSPS) is 19.1. The van der Waals surface area contributed by atoms with Gasteiger partial charge in [-0.1, -0.05) is 6.42 Å². The van der Waals surface area contributed by atoms with Crippen LogP contribution in [0.5, 0.6) is 0 Å². The molecule has 1 heterocycles. The third-order valence-corrected chi connectivity index (χ3v) is 3.54. The number of hydrogen-bond donors (Lipinski definition) is 2. The van der Waals surface area contributed by atoms with Crippen LogP contribution in [0.2, 0.25) is 0 Å². The second kappa shape index (κ2) is 6.47. The molecule has 1 unspecified atom stereocenters. The van der Waals surface area contributed by atoms with E-state index in [1.54, 1.807) is 13.0 Å². The molecule has 20 heavy (non-hydrogen) atoms. The number of nitro benzene ring substituents is 1. The molecule has 2 rings (SSSR count). The quantitative estimate of drug-likeness (QED) is 0.651. The maximum absolute atomic E-state index is 12.1. The molecule has 1 amide bonds. The number of aryl methyl sites for hydroxylation is 1. The van der Waals surface area contributed by atoms with Crippen LogP contribution < -0.4 is 10.6 Å². The Morgan fingerprint density at radius 3 is 2.95 bits per heavy atom. The number of nitrogens with one attached hydrogen (secondary N) is 2. The Morgan fingerprint density at radius 2 is 2.25 bits per heavy atom. The lowest BCUT2D eigenvalue weighted by atomic mass is 10.1. The highest BCUT2D eigenvalue weighted by Gasteiger charge is 2.17. The average molecular weight is 277 g/mol. The van der Waals surface area contributed by atoms with Crippen LogP contribution in [0.3, 0.4) is 0 Å². The highest BCUT2D eigenvalue weighted by atomic mass is 16.6. The molecule has 6 heteroatoms. The van der Waals surface area contributed by atoms with Gasteiger partial charge in [0.05, 0.1) is 4.92 Å². The van der Waals surface area contributed by atoms with E-state index in [1.807, 2.05) is 0 Å². The van der Waals surface area contributed by atoms with Gasteiger partial charge in [-0.2, -0.15) is 0 Å². The first-order valence-electron chi connectivity index (χ1n) is 6.84. The standard InChI is InChI=1S/C14H19N3O3/c1-10-8-11(5-6-13(10)17(19)20)14(18)16-12-4-2-3-7-15-9-12/h5-6,8,12,15H,2-4,7,9H2,1H3,(H,16,18). The summed E-state index contributed by atoms with van der Waals surface area (Å²) >= 11 is 0. The van der Waals surface area contributed by atoms with Crippen molar-refractivity contribution in [3.63, 3.8) is 0 Å². The summed E-state index contributed by atoms with van der Waals surface area (Å²) in [6.07, 6.45) is 3.19. The lowest BCUT2D eigenvalue weighted by Gasteiger charge is -2.16. The molecule has 1 aromatic carbocycles. The molecule has 1 fully saturated rings. The van der Waals surface area contributed by atoms with Crippen molar-refractivity contribution >= 4 is 11.6 Å². The predicted octanol–water partition coefficient (Wildman–Crippen LogP) is 1.78. The summed E-state index contributed by atoms with van der Waals surface area (Å²) in [5, 5.41) is 17.0. The summed E-state index contributed by atoms with van der Waals surface area (Å²) in [6, 6.07) is 4.58. The van der Waals surface area contributed by atoms with Gasteiger partial charge in [-0.3, -0.25) is 14.9 Å². The zero-order chi connectivity index (χ0) is 14.5. The number of carbonyl (C=O) groups excluding carboxylic acids is 1. The molecule has 1 saturated heterocycles. The van der Waals surface area contributed by atoms with E-state index < -0.39 is 4.92 Å². The summed E-state index contributed by atoms with van der Waals surface area (Å²) < 4.78 is 0. The molecule has 0 aliphatic carbocycles. The molecule has 1 aliphatic rings. The van der Waals surface area contributed by atoms with Crippen molar-refractivity contribution in [2.75, 3.05) is 13.1 Å². The van der Waals surface area contributed by atoms with Crippen molar-refractivity contribution < 1.29 is 9.72 Å². The molecule has 1 aliphatic heterocycles. The minimum Gasteiger partial charge on any atom is -0.348 e. The molecule has 6 nitrogen and oxygen atoms in total. The highest BCUT2D eigenvalue weighted by Crippen LogP contribution is 2.19. The van der Waals surface area contributed by atoms with Crippen LogP contribution in [0.25, 0.3) is 0 Å². The summed E-state index contributed by atoms with van der Waals surface area (Å²) in [5.74, 6) is -0.170. The largest absolute Gasteiger partial charge is 0.348 e. The Labute approximate surface area is 117 Å². The molecule has 1 aromatic rings. The molecule has 0 radical (unpaired) electrons. The van der Waals surface area contributed by atoms with Crippen LogP contribution in [0.15, 0.2) is 18.2 Å². The molecule has 0 saturated carbocycles. The van der Waals surface area contributed by atoms with Crippen LogP contribution in [-0.2, 0) is 0 Å². The van der Waals surface area contributed by atoms with Crippen molar-refractivity contribution in [1.82, 2.24) is 10.6 Å². The zero-order valence-corrected chi connectivity index (χ0v) is 11.5. The van der Waals surface area contributed by atoms with Crippen LogP contribution in [-0.4, -0.2) is 30.0 Å². The summed E-state index contributed by atoms with van der Waals surface area (Å²) in [6.45, 7) is 3.41. The van der Waals surface area contributed by atoms with Crippen molar-refractivity contribution in [3.8, 4) is 0 Å². The Bertz CT molecular complexity index is 508. The molecular weight excluding hydrogens is 258 g/mol. The van der Waals surface area contributed by atoms with E-state index in [2.05, 4.69) is 10.6 Å². The van der Waals surface area contributed by atoms with E-state index in [0.29, 0.717) is 11.1 Å². The second-order valence-corrected chi connectivity index (χ2v) is 5.13. The fraction of sp³-hybridized carbons (Fsp3) is 0.500. The molecule has 1 atom stereocenters. The smallest absolute Gasteiger partial charge is 0.272 e.